The predicted octanol–water partition coefficient (Wildman–Crippen LogP) is 11.1. The van der Waals surface area contributed by atoms with Gasteiger partial charge in [-0.2, -0.15) is 0 Å². The average Bonchev–Trinajstić information content (AvgIpc) is 3.02. The Balaban J connectivity index is 4.31. The van der Waals surface area contributed by atoms with E-state index in [1.165, 1.54) is 89.9 Å². The van der Waals surface area contributed by atoms with Crippen molar-refractivity contribution >= 4 is 17.9 Å². The van der Waals surface area contributed by atoms with Crippen molar-refractivity contribution in [2.75, 3.05) is 13.2 Å². The summed E-state index contributed by atoms with van der Waals surface area (Å²) in [6.45, 7) is 6.49. The Hall–Kier alpha value is -1.85. The Morgan fingerprint density at radius 3 is 1.18 bits per heavy atom. The molecule has 0 aliphatic carbocycles. The van der Waals surface area contributed by atoms with Crippen molar-refractivity contribution in [1.82, 2.24) is 0 Å². The van der Waals surface area contributed by atoms with Gasteiger partial charge >= 0.3 is 17.9 Å². The van der Waals surface area contributed by atoms with Crippen LogP contribution in [0.5, 0.6) is 0 Å². The Kier molecular flexibility index (Phi) is 32.6. The van der Waals surface area contributed by atoms with Gasteiger partial charge in [-0.25, -0.2) is 0 Å². The molecule has 1 atom stereocenters. The summed E-state index contributed by atoms with van der Waals surface area (Å²) in [4.78, 5) is 37.1. The molecule has 0 fully saturated rings. The number of carbonyl (C=O) groups is 3. The summed E-state index contributed by atoms with van der Waals surface area (Å²) in [5, 5.41) is 0. The van der Waals surface area contributed by atoms with Crippen LogP contribution in [0.15, 0.2) is 12.2 Å². The maximum absolute atomic E-state index is 12.5. The first-order valence-corrected chi connectivity index (χ1v) is 18.7. The topological polar surface area (TPSA) is 78.9 Å². The van der Waals surface area contributed by atoms with Crippen LogP contribution < -0.4 is 0 Å². The maximum atomic E-state index is 12.5. The van der Waals surface area contributed by atoms with Crippen molar-refractivity contribution < 1.29 is 28.6 Å². The summed E-state index contributed by atoms with van der Waals surface area (Å²) in [6, 6.07) is 0. The maximum Gasteiger partial charge on any atom is 0.306 e. The second-order valence-electron chi connectivity index (χ2n) is 12.5. The number of hydrogen-bond donors (Lipinski definition) is 0. The van der Waals surface area contributed by atoms with Crippen LogP contribution in [0.2, 0.25) is 0 Å². The van der Waals surface area contributed by atoms with Crippen LogP contribution in [-0.4, -0.2) is 37.2 Å². The summed E-state index contributed by atoms with van der Waals surface area (Å²) >= 11 is 0. The number of carbonyl (C=O) groups excluding carboxylic acids is 3. The fraction of sp³-hybridized carbons (Fsp3) is 0.868. The van der Waals surface area contributed by atoms with E-state index in [-0.39, 0.29) is 31.1 Å². The molecule has 6 heteroatoms. The normalized spacial score (nSPS) is 12.0. The molecule has 0 aromatic carbocycles. The highest BCUT2D eigenvalue weighted by molar-refractivity contribution is 5.71. The Bertz CT molecular complexity index is 689. The molecule has 0 radical (unpaired) electrons. The van der Waals surface area contributed by atoms with E-state index in [1.807, 2.05) is 0 Å². The third-order valence-electron chi connectivity index (χ3n) is 8.02. The molecule has 0 spiro atoms. The molecular formula is C38H70O6. The molecule has 0 saturated carbocycles. The molecule has 0 aromatic heterocycles. The highest BCUT2D eigenvalue weighted by atomic mass is 16.6. The van der Waals surface area contributed by atoms with E-state index >= 15 is 0 Å². The van der Waals surface area contributed by atoms with Crippen molar-refractivity contribution in [3.63, 3.8) is 0 Å². The Morgan fingerprint density at radius 2 is 0.750 bits per heavy atom. The standard InChI is InChI=1S/C38H70O6/c1-4-7-10-13-16-18-19-20-21-23-25-28-31-37(40)43-34-35(33-42-36(39)30-27-24-15-12-9-6-3)44-38(41)32-29-26-22-17-14-11-8-5-2/h16,18,35H,4-15,17,19-34H2,1-3H3/b18-16-. The van der Waals surface area contributed by atoms with Gasteiger partial charge < -0.3 is 14.2 Å². The number of ether oxygens (including phenoxy) is 3. The van der Waals surface area contributed by atoms with Crippen LogP contribution in [0.3, 0.4) is 0 Å². The van der Waals surface area contributed by atoms with Gasteiger partial charge in [0, 0.05) is 19.3 Å². The van der Waals surface area contributed by atoms with Gasteiger partial charge in [-0.05, 0) is 44.9 Å². The minimum atomic E-state index is -0.760. The summed E-state index contributed by atoms with van der Waals surface area (Å²) in [5.41, 5.74) is 0. The zero-order chi connectivity index (χ0) is 32.4. The number of allylic oxidation sites excluding steroid dienone is 2. The van der Waals surface area contributed by atoms with Crippen LogP contribution in [0.4, 0.5) is 0 Å². The molecular weight excluding hydrogens is 552 g/mol. The molecule has 1 unspecified atom stereocenters. The minimum absolute atomic E-state index is 0.0713. The number of esters is 3. The largest absolute Gasteiger partial charge is 0.462 e. The van der Waals surface area contributed by atoms with Crippen molar-refractivity contribution in [3.05, 3.63) is 12.2 Å². The SMILES string of the molecule is CCCCC/C=C\CCCCCCCC(=O)OCC(COC(=O)CCCCCCCC)OC(=O)CCCCCCCCCC. The van der Waals surface area contributed by atoms with Crippen LogP contribution in [-0.2, 0) is 28.6 Å². The van der Waals surface area contributed by atoms with Gasteiger partial charge in [0.2, 0.25) is 0 Å². The highest BCUT2D eigenvalue weighted by Crippen LogP contribution is 2.13. The van der Waals surface area contributed by atoms with E-state index in [4.69, 9.17) is 14.2 Å². The zero-order valence-corrected chi connectivity index (χ0v) is 29.2. The second kappa shape index (κ2) is 34.0. The number of hydrogen-bond acceptors (Lipinski definition) is 6. The van der Waals surface area contributed by atoms with Crippen LogP contribution in [0.1, 0.15) is 194 Å². The molecule has 0 amide bonds. The van der Waals surface area contributed by atoms with Crippen LogP contribution in [0, 0.1) is 0 Å². The van der Waals surface area contributed by atoms with Crippen molar-refractivity contribution in [2.45, 2.75) is 200 Å². The van der Waals surface area contributed by atoms with Crippen LogP contribution in [0.25, 0.3) is 0 Å². The van der Waals surface area contributed by atoms with Crippen molar-refractivity contribution in [1.29, 1.82) is 0 Å². The first-order chi connectivity index (χ1) is 21.5. The molecule has 0 aromatic rings. The van der Waals surface area contributed by atoms with Gasteiger partial charge in [0.15, 0.2) is 6.10 Å². The molecule has 6 nitrogen and oxygen atoms in total. The molecule has 258 valence electrons. The summed E-state index contributed by atoms with van der Waals surface area (Å²) in [5.74, 6) is -0.898. The van der Waals surface area contributed by atoms with E-state index in [2.05, 4.69) is 32.9 Å². The van der Waals surface area contributed by atoms with Crippen LogP contribution >= 0.6 is 0 Å². The minimum Gasteiger partial charge on any atom is -0.462 e. The van der Waals surface area contributed by atoms with Gasteiger partial charge in [0.1, 0.15) is 13.2 Å². The van der Waals surface area contributed by atoms with E-state index in [0.29, 0.717) is 19.3 Å². The zero-order valence-electron chi connectivity index (χ0n) is 29.2. The third kappa shape index (κ3) is 31.6. The molecule has 0 N–H and O–H groups in total. The molecule has 44 heavy (non-hydrogen) atoms. The fourth-order valence-electron chi connectivity index (χ4n) is 5.14. The quantitative estimate of drug-likeness (QED) is 0.0313. The first kappa shape index (κ1) is 42.1. The molecule has 0 rings (SSSR count). The fourth-order valence-corrected chi connectivity index (χ4v) is 5.14. The molecule has 0 aliphatic rings. The lowest BCUT2D eigenvalue weighted by atomic mass is 10.1. The van der Waals surface area contributed by atoms with Gasteiger partial charge in [0.25, 0.3) is 0 Å². The molecule has 0 aliphatic heterocycles. The lowest BCUT2D eigenvalue weighted by Crippen LogP contribution is -2.30. The lowest BCUT2D eigenvalue weighted by molar-refractivity contribution is -0.167. The van der Waals surface area contributed by atoms with Gasteiger partial charge in [0.05, 0.1) is 0 Å². The Morgan fingerprint density at radius 1 is 0.432 bits per heavy atom. The number of unbranched alkanes of at least 4 members (excludes halogenated alkanes) is 20. The molecule has 0 bridgehead atoms. The average molecular weight is 623 g/mol. The van der Waals surface area contributed by atoms with E-state index < -0.39 is 6.10 Å². The van der Waals surface area contributed by atoms with E-state index in [1.54, 1.807) is 0 Å². The van der Waals surface area contributed by atoms with E-state index in [0.717, 1.165) is 64.2 Å². The monoisotopic (exact) mass is 623 g/mol. The first-order valence-electron chi connectivity index (χ1n) is 18.7. The second-order valence-corrected chi connectivity index (χ2v) is 12.5. The van der Waals surface area contributed by atoms with Gasteiger partial charge in [-0.1, -0.05) is 142 Å². The van der Waals surface area contributed by atoms with Gasteiger partial charge in [-0.3, -0.25) is 14.4 Å². The predicted molar refractivity (Wildman–Crippen MR) is 183 cm³/mol. The number of rotatable bonds is 33. The highest BCUT2D eigenvalue weighted by Gasteiger charge is 2.19. The summed E-state index contributed by atoms with van der Waals surface area (Å²) in [6.07, 6.45) is 32.1. The lowest BCUT2D eigenvalue weighted by Gasteiger charge is -2.18. The Labute approximate surface area is 271 Å². The molecule has 0 saturated heterocycles. The summed E-state index contributed by atoms with van der Waals surface area (Å²) in [7, 11) is 0. The van der Waals surface area contributed by atoms with Crippen molar-refractivity contribution in [2.24, 2.45) is 0 Å². The van der Waals surface area contributed by atoms with Crippen molar-refractivity contribution in [3.8, 4) is 0 Å². The van der Waals surface area contributed by atoms with Gasteiger partial charge in [-0.15, -0.1) is 0 Å². The van der Waals surface area contributed by atoms with E-state index in [9.17, 15) is 14.4 Å². The third-order valence-corrected chi connectivity index (χ3v) is 8.02. The smallest absolute Gasteiger partial charge is 0.306 e. The summed E-state index contributed by atoms with van der Waals surface area (Å²) < 4.78 is 16.5. The molecule has 0 heterocycles.